The molecule has 0 aromatic heterocycles. The van der Waals surface area contributed by atoms with Crippen molar-refractivity contribution in [2.45, 2.75) is 13.8 Å². The first-order chi connectivity index (χ1) is 8.60. The van der Waals surface area contributed by atoms with E-state index in [1.54, 1.807) is 17.0 Å². The van der Waals surface area contributed by atoms with Crippen LogP contribution in [-0.4, -0.2) is 37.1 Å². The monoisotopic (exact) mass is 381 g/mol. The number of ether oxygens (including phenoxy) is 1. The summed E-state index contributed by atoms with van der Waals surface area (Å²) in [5, 5.41) is 0.583. The molecule has 1 aromatic carbocycles. The summed E-state index contributed by atoms with van der Waals surface area (Å²) in [4.78, 5) is 14.1. The maximum atomic E-state index is 12.4. The highest BCUT2D eigenvalue weighted by molar-refractivity contribution is 14.1. The number of benzene rings is 1. The van der Waals surface area contributed by atoms with Crippen molar-refractivity contribution in [1.82, 2.24) is 4.90 Å². The average Bonchev–Trinajstić information content (AvgIpc) is 2.37. The highest BCUT2D eigenvalue weighted by Crippen LogP contribution is 2.19. The van der Waals surface area contributed by atoms with E-state index >= 15 is 0 Å². The molecule has 0 fully saturated rings. The molecular formula is C13H17ClINO2. The predicted molar refractivity (Wildman–Crippen MR) is 82.2 cm³/mol. The number of halogens is 2. The van der Waals surface area contributed by atoms with Crippen molar-refractivity contribution in [1.29, 1.82) is 0 Å². The number of amides is 1. The molecule has 0 radical (unpaired) electrons. The quantitative estimate of drug-likeness (QED) is 0.558. The van der Waals surface area contributed by atoms with Crippen LogP contribution in [0.3, 0.4) is 0 Å². The van der Waals surface area contributed by atoms with E-state index in [1.807, 2.05) is 19.9 Å². The van der Waals surface area contributed by atoms with Crippen LogP contribution in [0.25, 0.3) is 0 Å². The van der Waals surface area contributed by atoms with E-state index in [0.717, 1.165) is 3.57 Å². The maximum absolute atomic E-state index is 12.4. The van der Waals surface area contributed by atoms with Crippen LogP contribution >= 0.6 is 34.2 Å². The predicted octanol–water partition coefficient (Wildman–Crippen LogP) is 3.44. The molecule has 1 aromatic rings. The Balaban J connectivity index is 2.79. The molecule has 0 saturated heterocycles. The molecular weight excluding hydrogens is 365 g/mol. The molecule has 0 unspecified atom stereocenters. The minimum Gasteiger partial charge on any atom is -0.380 e. The molecule has 18 heavy (non-hydrogen) atoms. The first-order valence-corrected chi connectivity index (χ1v) is 7.37. The van der Waals surface area contributed by atoms with Gasteiger partial charge in [-0.1, -0.05) is 11.6 Å². The van der Waals surface area contributed by atoms with Crippen LogP contribution in [0.15, 0.2) is 18.2 Å². The van der Waals surface area contributed by atoms with Crippen LogP contribution in [0.2, 0.25) is 5.02 Å². The standard InChI is InChI=1S/C13H17ClINO2/c1-3-16(7-8-18-4-2)13(17)11-9-10(14)5-6-12(11)15/h5-6,9H,3-4,7-8H2,1-2H3. The zero-order chi connectivity index (χ0) is 13.5. The van der Waals surface area contributed by atoms with Crippen LogP contribution in [0.4, 0.5) is 0 Å². The van der Waals surface area contributed by atoms with E-state index in [-0.39, 0.29) is 5.91 Å². The minimum absolute atomic E-state index is 0.00380. The van der Waals surface area contributed by atoms with Gasteiger partial charge in [0, 0.05) is 28.3 Å². The lowest BCUT2D eigenvalue weighted by atomic mass is 10.2. The summed E-state index contributed by atoms with van der Waals surface area (Å²) in [6, 6.07) is 5.36. The smallest absolute Gasteiger partial charge is 0.255 e. The fourth-order valence-corrected chi connectivity index (χ4v) is 2.29. The number of rotatable bonds is 6. The SMILES string of the molecule is CCOCCN(CC)C(=O)c1cc(Cl)ccc1I. The lowest BCUT2D eigenvalue weighted by Gasteiger charge is -2.21. The normalized spacial score (nSPS) is 10.4. The zero-order valence-electron chi connectivity index (χ0n) is 10.6. The Morgan fingerprint density at radius 3 is 2.78 bits per heavy atom. The van der Waals surface area contributed by atoms with Crippen molar-refractivity contribution in [3.8, 4) is 0 Å². The summed E-state index contributed by atoms with van der Waals surface area (Å²) in [5.74, 6) is 0.00380. The van der Waals surface area contributed by atoms with Gasteiger partial charge in [0.15, 0.2) is 0 Å². The van der Waals surface area contributed by atoms with Gasteiger partial charge in [0.25, 0.3) is 5.91 Å². The van der Waals surface area contributed by atoms with Crippen LogP contribution in [0.5, 0.6) is 0 Å². The van der Waals surface area contributed by atoms with E-state index in [1.165, 1.54) is 0 Å². The third-order valence-corrected chi connectivity index (χ3v) is 3.71. The van der Waals surface area contributed by atoms with E-state index in [2.05, 4.69) is 22.6 Å². The van der Waals surface area contributed by atoms with Crippen molar-refractivity contribution in [2.24, 2.45) is 0 Å². The summed E-state index contributed by atoms with van der Waals surface area (Å²) in [6.07, 6.45) is 0. The minimum atomic E-state index is 0.00380. The molecule has 0 saturated carbocycles. The molecule has 0 heterocycles. The van der Waals surface area contributed by atoms with E-state index < -0.39 is 0 Å². The molecule has 0 aliphatic rings. The van der Waals surface area contributed by atoms with E-state index in [0.29, 0.717) is 36.9 Å². The number of likely N-dealkylation sites (N-methyl/N-ethyl adjacent to an activating group) is 1. The van der Waals surface area contributed by atoms with Crippen molar-refractivity contribution in [3.63, 3.8) is 0 Å². The Hall–Kier alpha value is -0.330. The molecule has 1 amide bonds. The topological polar surface area (TPSA) is 29.5 Å². The highest BCUT2D eigenvalue weighted by atomic mass is 127. The number of carbonyl (C=O) groups excluding carboxylic acids is 1. The number of nitrogens with zero attached hydrogens (tertiary/aromatic N) is 1. The number of hydrogen-bond acceptors (Lipinski definition) is 2. The van der Waals surface area contributed by atoms with Gasteiger partial charge in [-0.3, -0.25) is 4.79 Å². The summed E-state index contributed by atoms with van der Waals surface area (Å²) in [5.41, 5.74) is 0.654. The molecule has 0 atom stereocenters. The van der Waals surface area contributed by atoms with Crippen molar-refractivity contribution >= 4 is 40.1 Å². The van der Waals surface area contributed by atoms with Gasteiger partial charge in [-0.15, -0.1) is 0 Å². The van der Waals surface area contributed by atoms with Crippen molar-refractivity contribution in [3.05, 3.63) is 32.4 Å². The lowest BCUT2D eigenvalue weighted by molar-refractivity contribution is 0.0668. The molecule has 0 aliphatic carbocycles. The molecule has 100 valence electrons. The summed E-state index contributed by atoms with van der Waals surface area (Å²) in [6.45, 7) is 6.40. The van der Waals surface area contributed by atoms with Gasteiger partial charge in [0.05, 0.1) is 12.2 Å². The molecule has 0 bridgehead atoms. The molecule has 0 spiro atoms. The lowest BCUT2D eigenvalue weighted by Crippen LogP contribution is -2.34. The molecule has 0 N–H and O–H groups in total. The first-order valence-electron chi connectivity index (χ1n) is 5.92. The van der Waals surface area contributed by atoms with Gasteiger partial charge >= 0.3 is 0 Å². The summed E-state index contributed by atoms with van der Waals surface area (Å²) >= 11 is 8.09. The van der Waals surface area contributed by atoms with Gasteiger partial charge in [0.1, 0.15) is 0 Å². The third kappa shape index (κ3) is 4.40. The van der Waals surface area contributed by atoms with Gasteiger partial charge in [-0.25, -0.2) is 0 Å². The second-order valence-electron chi connectivity index (χ2n) is 3.71. The van der Waals surface area contributed by atoms with Gasteiger partial charge in [0.2, 0.25) is 0 Å². The van der Waals surface area contributed by atoms with Crippen LogP contribution < -0.4 is 0 Å². The Morgan fingerprint density at radius 1 is 1.44 bits per heavy atom. The van der Waals surface area contributed by atoms with Gasteiger partial charge in [-0.2, -0.15) is 0 Å². The van der Waals surface area contributed by atoms with Crippen molar-refractivity contribution in [2.75, 3.05) is 26.3 Å². The van der Waals surface area contributed by atoms with Gasteiger partial charge in [-0.05, 0) is 54.6 Å². The average molecular weight is 382 g/mol. The Kier molecular flexibility index (Phi) is 6.96. The number of carbonyl (C=O) groups is 1. The van der Waals surface area contributed by atoms with Crippen LogP contribution in [0, 0.1) is 3.57 Å². The van der Waals surface area contributed by atoms with Gasteiger partial charge < -0.3 is 9.64 Å². The largest absolute Gasteiger partial charge is 0.380 e. The Labute approximate surface area is 127 Å². The maximum Gasteiger partial charge on any atom is 0.255 e. The van der Waals surface area contributed by atoms with E-state index in [4.69, 9.17) is 16.3 Å². The fourth-order valence-electron chi connectivity index (χ4n) is 1.55. The molecule has 5 heteroatoms. The number of hydrogen-bond donors (Lipinski definition) is 0. The zero-order valence-corrected chi connectivity index (χ0v) is 13.5. The van der Waals surface area contributed by atoms with Crippen molar-refractivity contribution < 1.29 is 9.53 Å². The third-order valence-electron chi connectivity index (χ3n) is 2.54. The van der Waals surface area contributed by atoms with E-state index in [9.17, 15) is 4.79 Å². The second-order valence-corrected chi connectivity index (χ2v) is 5.30. The molecule has 0 aliphatic heterocycles. The first kappa shape index (κ1) is 15.7. The summed E-state index contributed by atoms with van der Waals surface area (Å²) < 4.78 is 6.20. The Bertz CT molecular complexity index is 412. The fraction of sp³-hybridized carbons (Fsp3) is 0.462. The molecule has 3 nitrogen and oxygen atoms in total. The highest BCUT2D eigenvalue weighted by Gasteiger charge is 2.16. The Morgan fingerprint density at radius 2 is 2.17 bits per heavy atom. The van der Waals surface area contributed by atoms with Crippen LogP contribution in [-0.2, 0) is 4.74 Å². The summed E-state index contributed by atoms with van der Waals surface area (Å²) in [7, 11) is 0. The van der Waals surface area contributed by atoms with Crippen LogP contribution in [0.1, 0.15) is 24.2 Å². The second kappa shape index (κ2) is 7.96. The molecule has 1 rings (SSSR count).